The molecule has 0 atom stereocenters. The summed E-state index contributed by atoms with van der Waals surface area (Å²) in [4.78, 5) is 27.4. The molecule has 0 radical (unpaired) electrons. The van der Waals surface area contributed by atoms with Crippen molar-refractivity contribution in [3.63, 3.8) is 0 Å². The predicted molar refractivity (Wildman–Crippen MR) is 69.7 cm³/mol. The Balaban J connectivity index is 2.33. The van der Waals surface area contributed by atoms with Crippen LogP contribution in [0, 0.1) is 20.2 Å². The van der Waals surface area contributed by atoms with Crippen molar-refractivity contribution in [2.24, 2.45) is 5.84 Å². The van der Waals surface area contributed by atoms with Crippen molar-refractivity contribution in [2.75, 3.05) is 5.43 Å². The molecule has 21 heavy (non-hydrogen) atoms. The third-order valence-electron chi connectivity index (χ3n) is 2.32. The van der Waals surface area contributed by atoms with Crippen LogP contribution < -0.4 is 16.0 Å². The van der Waals surface area contributed by atoms with Gasteiger partial charge in [-0.25, -0.2) is 10.8 Å². The number of rotatable bonds is 5. The highest BCUT2D eigenvalue weighted by Gasteiger charge is 2.19. The maximum Gasteiger partial charge on any atom is 0.349 e. The number of anilines is 1. The molecule has 0 saturated heterocycles. The number of nitrogens with one attached hydrogen (secondary N) is 1. The van der Waals surface area contributed by atoms with Gasteiger partial charge in [0, 0.05) is 12.1 Å². The molecule has 11 heteroatoms. The van der Waals surface area contributed by atoms with Gasteiger partial charge in [-0.3, -0.25) is 25.7 Å². The molecule has 1 heterocycles. The van der Waals surface area contributed by atoms with E-state index in [9.17, 15) is 20.2 Å². The van der Waals surface area contributed by atoms with Crippen molar-refractivity contribution in [1.82, 2.24) is 9.97 Å². The number of nitrogens with zero attached hydrogens (tertiary/aromatic N) is 4. The number of hydrazine groups is 1. The summed E-state index contributed by atoms with van der Waals surface area (Å²) in [7, 11) is 0. The number of nitro groups is 2. The number of non-ortho nitro benzene ring substituents is 1. The molecule has 0 bridgehead atoms. The van der Waals surface area contributed by atoms with Crippen LogP contribution in [0.4, 0.5) is 17.3 Å². The van der Waals surface area contributed by atoms with Gasteiger partial charge >= 0.3 is 11.6 Å². The molecule has 0 unspecified atom stereocenters. The first-order chi connectivity index (χ1) is 10.0. The molecule has 2 rings (SSSR count). The minimum absolute atomic E-state index is 0.0717. The van der Waals surface area contributed by atoms with E-state index in [4.69, 9.17) is 10.6 Å². The Morgan fingerprint density at radius 1 is 1.14 bits per heavy atom. The van der Waals surface area contributed by atoms with Crippen molar-refractivity contribution in [3.05, 3.63) is 50.7 Å². The van der Waals surface area contributed by atoms with Crippen LogP contribution in [-0.2, 0) is 0 Å². The molecule has 1 aromatic carbocycles. The monoisotopic (exact) mass is 292 g/mol. The molecule has 1 aromatic heterocycles. The van der Waals surface area contributed by atoms with Crippen molar-refractivity contribution >= 4 is 17.3 Å². The average molecular weight is 292 g/mol. The smallest absolute Gasteiger partial charge is 0.349 e. The lowest BCUT2D eigenvalue weighted by Gasteiger charge is -2.06. The molecule has 0 saturated carbocycles. The van der Waals surface area contributed by atoms with Gasteiger partial charge in [-0.15, -0.1) is 0 Å². The maximum atomic E-state index is 10.9. The number of hydrogen-bond donors (Lipinski definition) is 2. The van der Waals surface area contributed by atoms with Gasteiger partial charge in [-0.1, -0.05) is 0 Å². The Morgan fingerprint density at radius 3 is 2.33 bits per heavy atom. The largest absolute Gasteiger partial charge is 0.434 e. The third-order valence-corrected chi connectivity index (χ3v) is 2.32. The van der Waals surface area contributed by atoms with Crippen molar-refractivity contribution in [3.8, 4) is 11.6 Å². The second-order valence-electron chi connectivity index (χ2n) is 3.64. The molecule has 108 valence electrons. The third kappa shape index (κ3) is 3.16. The molecular formula is C10H8N6O5. The van der Waals surface area contributed by atoms with E-state index in [-0.39, 0.29) is 23.3 Å². The fourth-order valence-electron chi connectivity index (χ4n) is 1.38. The molecule has 11 nitrogen and oxygen atoms in total. The van der Waals surface area contributed by atoms with Crippen molar-refractivity contribution < 1.29 is 14.6 Å². The van der Waals surface area contributed by atoms with E-state index in [1.54, 1.807) is 0 Å². The highest BCUT2D eigenvalue weighted by atomic mass is 16.6. The van der Waals surface area contributed by atoms with Gasteiger partial charge in [-0.05, 0) is 12.1 Å². The summed E-state index contributed by atoms with van der Waals surface area (Å²) in [5.74, 6) is 4.85. The van der Waals surface area contributed by atoms with Crippen LogP contribution in [0.15, 0.2) is 30.5 Å². The van der Waals surface area contributed by atoms with Gasteiger partial charge in [0.25, 0.3) is 5.69 Å². The van der Waals surface area contributed by atoms with E-state index >= 15 is 0 Å². The van der Waals surface area contributed by atoms with Gasteiger partial charge < -0.3 is 4.74 Å². The first-order valence-corrected chi connectivity index (χ1v) is 5.41. The molecule has 0 fully saturated rings. The van der Waals surface area contributed by atoms with Crippen LogP contribution in [0.3, 0.4) is 0 Å². The highest BCUT2D eigenvalue weighted by Crippen LogP contribution is 2.30. The van der Waals surface area contributed by atoms with Crippen LogP contribution in [0.5, 0.6) is 11.6 Å². The zero-order valence-electron chi connectivity index (χ0n) is 10.3. The first kappa shape index (κ1) is 14.1. The molecule has 0 spiro atoms. The van der Waals surface area contributed by atoms with Gasteiger partial charge in [0.15, 0.2) is 0 Å². The molecule has 0 aliphatic heterocycles. The molecule has 0 aliphatic carbocycles. The van der Waals surface area contributed by atoms with Gasteiger partial charge in [0.2, 0.25) is 5.95 Å². The second kappa shape index (κ2) is 5.75. The number of benzene rings is 1. The molecule has 0 amide bonds. The van der Waals surface area contributed by atoms with E-state index in [1.807, 2.05) is 0 Å². The Labute approximate surface area is 116 Å². The van der Waals surface area contributed by atoms with Crippen LogP contribution in [0.2, 0.25) is 0 Å². The number of nitrogen functional groups attached to an aromatic ring is 1. The van der Waals surface area contributed by atoms with E-state index in [1.165, 1.54) is 24.3 Å². The van der Waals surface area contributed by atoms with Gasteiger partial charge in [-0.2, -0.15) is 4.98 Å². The molecular weight excluding hydrogens is 284 g/mol. The zero-order valence-corrected chi connectivity index (χ0v) is 10.3. The quantitative estimate of drug-likeness (QED) is 0.471. The Bertz CT molecular complexity index is 689. The van der Waals surface area contributed by atoms with E-state index in [0.717, 1.165) is 6.20 Å². The van der Waals surface area contributed by atoms with Gasteiger partial charge in [0.1, 0.15) is 11.9 Å². The van der Waals surface area contributed by atoms with Crippen LogP contribution in [-0.4, -0.2) is 19.8 Å². The minimum Gasteiger partial charge on any atom is -0.434 e. The summed E-state index contributed by atoms with van der Waals surface area (Å²) in [6.07, 6.45) is 0.933. The Morgan fingerprint density at radius 2 is 1.81 bits per heavy atom. The number of hydrogen-bond acceptors (Lipinski definition) is 9. The summed E-state index contributed by atoms with van der Waals surface area (Å²) in [5.41, 5.74) is 1.53. The summed E-state index contributed by atoms with van der Waals surface area (Å²) < 4.78 is 5.24. The molecule has 0 aliphatic rings. The second-order valence-corrected chi connectivity index (χ2v) is 3.64. The minimum atomic E-state index is -0.721. The fraction of sp³-hybridized carbons (Fsp3) is 0. The lowest BCUT2D eigenvalue weighted by molar-refractivity contribution is -0.386. The predicted octanol–water partition coefficient (Wildman–Crippen LogP) is 1.37. The molecule has 3 N–H and O–H groups in total. The first-order valence-electron chi connectivity index (χ1n) is 5.41. The van der Waals surface area contributed by atoms with Crippen LogP contribution in [0.25, 0.3) is 0 Å². The lowest BCUT2D eigenvalue weighted by Crippen LogP contribution is -2.11. The number of nitrogens with two attached hydrogens (primary N) is 1. The normalized spacial score (nSPS) is 9.95. The van der Waals surface area contributed by atoms with Crippen LogP contribution in [0.1, 0.15) is 0 Å². The van der Waals surface area contributed by atoms with E-state index in [2.05, 4.69) is 15.4 Å². The summed E-state index contributed by atoms with van der Waals surface area (Å²) in [6, 6.07) is 4.98. The Kier molecular flexibility index (Phi) is 3.85. The maximum absolute atomic E-state index is 10.9. The fourth-order valence-corrected chi connectivity index (χ4v) is 1.38. The van der Waals surface area contributed by atoms with E-state index < -0.39 is 15.5 Å². The van der Waals surface area contributed by atoms with Crippen LogP contribution >= 0.6 is 0 Å². The number of ether oxygens (including phenoxy) is 1. The summed E-state index contributed by atoms with van der Waals surface area (Å²) in [5, 5.41) is 21.4. The zero-order chi connectivity index (χ0) is 15.4. The average Bonchev–Trinajstić information content (AvgIpc) is 2.47. The SMILES string of the molecule is NNc1ncc([N+](=O)[O-])c(Oc2ccc([N+](=O)[O-])cc2)n1. The lowest BCUT2D eigenvalue weighted by atomic mass is 10.3. The molecule has 2 aromatic rings. The topological polar surface area (TPSA) is 159 Å². The van der Waals surface area contributed by atoms with Gasteiger partial charge in [0.05, 0.1) is 9.85 Å². The van der Waals surface area contributed by atoms with Crippen molar-refractivity contribution in [1.29, 1.82) is 0 Å². The Hall–Kier alpha value is -3.34. The van der Waals surface area contributed by atoms with E-state index in [0.29, 0.717) is 0 Å². The summed E-state index contributed by atoms with van der Waals surface area (Å²) in [6.45, 7) is 0. The number of aromatic nitrogens is 2. The summed E-state index contributed by atoms with van der Waals surface area (Å²) >= 11 is 0. The van der Waals surface area contributed by atoms with Crippen molar-refractivity contribution in [2.45, 2.75) is 0 Å². The number of nitro benzene ring substituents is 1. The highest BCUT2D eigenvalue weighted by molar-refractivity contribution is 5.46. The standard InChI is InChI=1S/C10H8N6O5/c11-14-10-12-5-8(16(19)20)9(13-10)21-7-3-1-6(2-4-7)15(17)18/h1-5H,11H2,(H,12,13,14).